The summed E-state index contributed by atoms with van der Waals surface area (Å²) in [5, 5.41) is 0. The van der Waals surface area contributed by atoms with Gasteiger partial charge in [-0.05, 0) is 41.5 Å². The normalized spacial score (nSPS) is 14.2. The zero-order valence-electron chi connectivity index (χ0n) is 13.0. The first-order valence-corrected chi connectivity index (χ1v) is 6.50. The molecule has 0 amide bonds. The number of imidazole rings is 1. The van der Waals surface area contributed by atoms with Gasteiger partial charge in [-0.3, -0.25) is 0 Å². The van der Waals surface area contributed by atoms with Crippen LogP contribution in [-0.4, -0.2) is 4.98 Å². The van der Waals surface area contributed by atoms with E-state index in [2.05, 4.69) is 78.1 Å². The van der Waals surface area contributed by atoms with Gasteiger partial charge in [-0.1, -0.05) is 20.8 Å². The summed E-state index contributed by atoms with van der Waals surface area (Å²) in [6.45, 7) is 20.4. The van der Waals surface area contributed by atoms with Gasteiger partial charge in [0.05, 0.1) is 5.41 Å². The van der Waals surface area contributed by atoms with Gasteiger partial charge in [-0.15, -0.1) is 0 Å². The molecule has 1 rings (SSSR count). The molecule has 1 heterocycles. The van der Waals surface area contributed by atoms with Crippen molar-refractivity contribution in [3.05, 3.63) is 17.7 Å². The lowest BCUT2D eigenvalue weighted by Gasteiger charge is -2.27. The number of nitrogens with one attached hydrogen (secondary N) is 1. The van der Waals surface area contributed by atoms with Crippen LogP contribution in [0.5, 0.6) is 0 Å². The molecule has 2 heteroatoms. The van der Waals surface area contributed by atoms with Crippen LogP contribution in [0.4, 0.5) is 0 Å². The summed E-state index contributed by atoms with van der Waals surface area (Å²) in [4.78, 5) is 3.49. The van der Waals surface area contributed by atoms with Crippen molar-refractivity contribution in [2.24, 2.45) is 0 Å². The van der Waals surface area contributed by atoms with Gasteiger partial charge in [0.15, 0.2) is 0 Å². The summed E-state index contributed by atoms with van der Waals surface area (Å²) < 4.78 is 2.47. The second-order valence-electron chi connectivity index (χ2n) is 8.03. The molecule has 0 aliphatic rings. The van der Waals surface area contributed by atoms with Gasteiger partial charge >= 0.3 is 0 Å². The third-order valence-electron chi connectivity index (χ3n) is 2.96. The molecule has 0 aliphatic heterocycles. The first-order valence-electron chi connectivity index (χ1n) is 6.50. The number of H-pyrrole nitrogens is 1. The van der Waals surface area contributed by atoms with Crippen molar-refractivity contribution >= 4 is 0 Å². The van der Waals surface area contributed by atoms with Crippen LogP contribution in [0.1, 0.15) is 73.8 Å². The molecule has 1 aromatic heterocycles. The van der Waals surface area contributed by atoms with Gasteiger partial charge in [0.25, 0.3) is 5.82 Å². The summed E-state index contributed by atoms with van der Waals surface area (Å²) in [6, 6.07) is 0. The van der Waals surface area contributed by atoms with Crippen molar-refractivity contribution in [1.82, 2.24) is 4.98 Å². The third kappa shape index (κ3) is 2.91. The summed E-state index contributed by atoms with van der Waals surface area (Å²) in [5.41, 5.74) is 1.77. The molecular formula is C15H29N2+. The lowest BCUT2D eigenvalue weighted by Crippen LogP contribution is -2.58. The zero-order valence-corrected chi connectivity index (χ0v) is 13.0. The second-order valence-corrected chi connectivity index (χ2v) is 8.03. The Morgan fingerprint density at radius 3 is 1.59 bits per heavy atom. The molecule has 0 bridgehead atoms. The van der Waals surface area contributed by atoms with Gasteiger partial charge in [-0.25, -0.2) is 9.55 Å². The monoisotopic (exact) mass is 237 g/mol. The SMILES string of the molecule is CC(C)(C)c1c[nH]c(C(C)(C)C)[n+]1C(C)(C)C. The fraction of sp³-hybridized carbons (Fsp3) is 0.800. The van der Waals surface area contributed by atoms with E-state index >= 15 is 0 Å². The average Bonchev–Trinajstić information content (AvgIpc) is 2.42. The minimum atomic E-state index is 0.102. The summed E-state index contributed by atoms with van der Waals surface area (Å²) in [5.74, 6) is 1.30. The number of hydrogen-bond donors (Lipinski definition) is 1. The number of aromatic nitrogens is 2. The lowest BCUT2D eigenvalue weighted by atomic mass is 9.89. The highest BCUT2D eigenvalue weighted by atomic mass is 15.1. The van der Waals surface area contributed by atoms with Crippen molar-refractivity contribution in [3.8, 4) is 0 Å². The second kappa shape index (κ2) is 3.86. The Kier molecular flexibility index (Phi) is 3.24. The standard InChI is InChI=1S/C15H28N2/c1-13(2,3)11-10-16-12(14(4,5)6)17(11)15(7,8)9/h10H,1-9H3/p+1. The van der Waals surface area contributed by atoms with E-state index in [4.69, 9.17) is 0 Å². The maximum absolute atomic E-state index is 3.49. The highest BCUT2D eigenvalue weighted by Crippen LogP contribution is 2.26. The van der Waals surface area contributed by atoms with E-state index in [-0.39, 0.29) is 16.4 Å². The van der Waals surface area contributed by atoms with E-state index < -0.39 is 0 Å². The van der Waals surface area contributed by atoms with E-state index in [9.17, 15) is 0 Å². The van der Waals surface area contributed by atoms with Crippen LogP contribution in [-0.2, 0) is 16.4 Å². The summed E-state index contributed by atoms with van der Waals surface area (Å²) in [6.07, 6.45) is 2.17. The predicted octanol–water partition coefficient (Wildman–Crippen LogP) is 3.65. The molecule has 17 heavy (non-hydrogen) atoms. The molecule has 0 saturated heterocycles. The topological polar surface area (TPSA) is 19.7 Å². The van der Waals surface area contributed by atoms with Crippen molar-refractivity contribution in [2.45, 2.75) is 78.7 Å². The predicted molar refractivity (Wildman–Crippen MR) is 73.4 cm³/mol. The Morgan fingerprint density at radius 1 is 0.824 bits per heavy atom. The van der Waals surface area contributed by atoms with Crippen molar-refractivity contribution in [2.75, 3.05) is 0 Å². The van der Waals surface area contributed by atoms with Crippen molar-refractivity contribution in [3.63, 3.8) is 0 Å². The Balaban J connectivity index is 3.53. The van der Waals surface area contributed by atoms with Crippen LogP contribution in [0.3, 0.4) is 0 Å². The molecule has 0 unspecified atom stereocenters. The van der Waals surface area contributed by atoms with Crippen molar-refractivity contribution < 1.29 is 4.57 Å². The van der Waals surface area contributed by atoms with Crippen LogP contribution >= 0.6 is 0 Å². The van der Waals surface area contributed by atoms with Crippen LogP contribution in [0.2, 0.25) is 0 Å². The molecule has 0 saturated carbocycles. The highest BCUT2D eigenvalue weighted by molar-refractivity contribution is 5.08. The first-order chi connectivity index (χ1) is 7.35. The quantitative estimate of drug-likeness (QED) is 0.665. The highest BCUT2D eigenvalue weighted by Gasteiger charge is 2.38. The number of aromatic amines is 1. The van der Waals surface area contributed by atoms with Crippen LogP contribution in [0, 0.1) is 0 Å². The summed E-state index contributed by atoms with van der Waals surface area (Å²) in [7, 11) is 0. The summed E-state index contributed by atoms with van der Waals surface area (Å²) >= 11 is 0. The molecule has 0 aliphatic carbocycles. The maximum Gasteiger partial charge on any atom is 0.260 e. The van der Waals surface area contributed by atoms with E-state index in [1.54, 1.807) is 0 Å². The molecule has 0 radical (unpaired) electrons. The molecule has 1 aromatic rings. The molecule has 0 spiro atoms. The molecular weight excluding hydrogens is 208 g/mol. The smallest absolute Gasteiger partial charge is 0.247 e. The largest absolute Gasteiger partial charge is 0.260 e. The molecule has 98 valence electrons. The van der Waals surface area contributed by atoms with E-state index in [0.717, 1.165) is 0 Å². The fourth-order valence-electron chi connectivity index (χ4n) is 2.19. The van der Waals surface area contributed by atoms with Gasteiger partial charge in [0.2, 0.25) is 0 Å². The Morgan fingerprint density at radius 2 is 1.29 bits per heavy atom. The Hall–Kier alpha value is -0.790. The van der Waals surface area contributed by atoms with Crippen LogP contribution < -0.4 is 4.57 Å². The van der Waals surface area contributed by atoms with E-state index in [1.807, 2.05) is 0 Å². The minimum absolute atomic E-state index is 0.102. The minimum Gasteiger partial charge on any atom is -0.247 e. The van der Waals surface area contributed by atoms with E-state index in [0.29, 0.717) is 0 Å². The number of nitrogens with zero attached hydrogens (tertiary/aromatic N) is 1. The molecule has 2 nitrogen and oxygen atoms in total. The van der Waals surface area contributed by atoms with Gasteiger partial charge in [0, 0.05) is 5.41 Å². The average molecular weight is 237 g/mol. The molecule has 0 aromatic carbocycles. The van der Waals surface area contributed by atoms with Crippen LogP contribution in [0.15, 0.2) is 6.20 Å². The number of rotatable bonds is 0. The maximum atomic E-state index is 3.49. The first kappa shape index (κ1) is 14.3. The zero-order chi connectivity index (χ0) is 13.6. The molecule has 0 fully saturated rings. The lowest BCUT2D eigenvalue weighted by molar-refractivity contribution is -0.770. The molecule has 1 N–H and O–H groups in total. The Bertz CT molecular complexity index is 361. The fourth-order valence-corrected chi connectivity index (χ4v) is 2.19. The van der Waals surface area contributed by atoms with Crippen LogP contribution in [0.25, 0.3) is 0 Å². The Labute approximate surface area is 106 Å². The number of hydrogen-bond acceptors (Lipinski definition) is 0. The molecule has 0 atom stereocenters. The van der Waals surface area contributed by atoms with Crippen molar-refractivity contribution in [1.29, 1.82) is 0 Å². The third-order valence-corrected chi connectivity index (χ3v) is 2.96. The van der Waals surface area contributed by atoms with Gasteiger partial charge in [0.1, 0.15) is 17.4 Å². The van der Waals surface area contributed by atoms with Gasteiger partial charge < -0.3 is 0 Å². The van der Waals surface area contributed by atoms with Gasteiger partial charge in [-0.2, -0.15) is 0 Å². The van der Waals surface area contributed by atoms with E-state index in [1.165, 1.54) is 11.5 Å².